The zero-order chi connectivity index (χ0) is 19.6. The molecule has 0 radical (unpaired) electrons. The molecule has 136 valence electrons. The molecule has 0 aliphatic rings. The third-order valence-electron chi connectivity index (χ3n) is 3.71. The van der Waals surface area contributed by atoms with Crippen molar-refractivity contribution in [3.05, 3.63) is 52.0 Å². The van der Waals surface area contributed by atoms with Crippen LogP contribution >= 0.6 is 34.5 Å². The number of rotatable bonds is 5. The van der Waals surface area contributed by atoms with E-state index in [1.54, 1.807) is 25.3 Å². The van der Waals surface area contributed by atoms with E-state index in [2.05, 4.69) is 10.3 Å². The van der Waals surface area contributed by atoms with Crippen molar-refractivity contribution in [3.8, 4) is 11.8 Å². The van der Waals surface area contributed by atoms with Crippen molar-refractivity contribution < 1.29 is 14.3 Å². The third-order valence-corrected chi connectivity index (χ3v) is 5.38. The number of carbonyl (C=O) groups excluding carboxylic acids is 2. The molecule has 1 aromatic heterocycles. The Hall–Kier alpha value is -2.66. The van der Waals surface area contributed by atoms with Gasteiger partial charge in [-0.3, -0.25) is 14.9 Å². The van der Waals surface area contributed by atoms with Crippen LogP contribution < -0.4 is 10.1 Å². The summed E-state index contributed by atoms with van der Waals surface area (Å²) in [5.41, 5.74) is 0.950. The van der Waals surface area contributed by atoms with Crippen LogP contribution in [0.3, 0.4) is 0 Å². The van der Waals surface area contributed by atoms with E-state index in [0.29, 0.717) is 21.9 Å². The van der Waals surface area contributed by atoms with Crippen LogP contribution in [0.15, 0.2) is 36.4 Å². The van der Waals surface area contributed by atoms with Crippen molar-refractivity contribution >= 4 is 61.6 Å². The first kappa shape index (κ1) is 19.1. The largest absolute Gasteiger partial charge is 0.497 e. The molecule has 0 unspecified atom stereocenters. The van der Waals surface area contributed by atoms with E-state index in [1.807, 2.05) is 6.07 Å². The van der Waals surface area contributed by atoms with Crippen LogP contribution in [0.1, 0.15) is 11.5 Å². The van der Waals surface area contributed by atoms with Gasteiger partial charge < -0.3 is 4.74 Å². The van der Waals surface area contributed by atoms with Gasteiger partial charge in [-0.05, 0) is 35.9 Å². The van der Waals surface area contributed by atoms with Gasteiger partial charge in [0.1, 0.15) is 11.7 Å². The molecule has 6 nitrogen and oxygen atoms in total. The van der Waals surface area contributed by atoms with Crippen LogP contribution in [0.2, 0.25) is 10.0 Å². The summed E-state index contributed by atoms with van der Waals surface area (Å²) in [5.74, 6) is -2.48. The van der Waals surface area contributed by atoms with Crippen molar-refractivity contribution in [1.82, 2.24) is 4.98 Å². The molecule has 3 rings (SSSR count). The molecule has 0 saturated carbocycles. The number of aromatic nitrogens is 1. The summed E-state index contributed by atoms with van der Waals surface area (Å²) in [4.78, 5) is 29.0. The Bertz CT molecular complexity index is 1090. The third kappa shape index (κ3) is 4.03. The van der Waals surface area contributed by atoms with Crippen LogP contribution in [0.4, 0.5) is 5.13 Å². The number of thiazole rings is 1. The van der Waals surface area contributed by atoms with E-state index in [9.17, 15) is 14.9 Å². The maximum absolute atomic E-state index is 12.4. The number of fused-ring (bicyclic) bond motifs is 1. The van der Waals surface area contributed by atoms with E-state index in [1.165, 1.54) is 29.5 Å². The van der Waals surface area contributed by atoms with E-state index in [0.717, 1.165) is 4.70 Å². The molecule has 0 bridgehead atoms. The van der Waals surface area contributed by atoms with Crippen LogP contribution in [0, 0.1) is 11.3 Å². The highest BCUT2D eigenvalue weighted by Gasteiger charge is 2.28. The Morgan fingerprint density at radius 3 is 2.67 bits per heavy atom. The van der Waals surface area contributed by atoms with E-state index in [4.69, 9.17) is 27.9 Å². The van der Waals surface area contributed by atoms with Crippen molar-refractivity contribution in [3.63, 3.8) is 0 Å². The number of hydrogen-bond donors (Lipinski definition) is 1. The summed E-state index contributed by atoms with van der Waals surface area (Å²) in [6, 6.07) is 11.4. The van der Waals surface area contributed by atoms with Gasteiger partial charge in [-0.25, -0.2) is 4.98 Å². The molecule has 1 amide bonds. The van der Waals surface area contributed by atoms with Gasteiger partial charge in [0.15, 0.2) is 5.13 Å². The van der Waals surface area contributed by atoms with Crippen LogP contribution in [0.25, 0.3) is 10.2 Å². The molecule has 9 heteroatoms. The predicted molar refractivity (Wildman–Crippen MR) is 105 cm³/mol. The SMILES string of the molecule is COc1ccc2nc(NC(=O)C(=O)[C@@H](C#N)c3ccc(Cl)c(Cl)c3)sc2c1. The average molecular weight is 420 g/mol. The topological polar surface area (TPSA) is 92.1 Å². The number of carbonyl (C=O) groups is 2. The maximum atomic E-state index is 12.4. The van der Waals surface area contributed by atoms with Gasteiger partial charge in [0.05, 0.1) is 33.4 Å². The second-order valence-electron chi connectivity index (χ2n) is 5.41. The first-order valence-electron chi connectivity index (χ1n) is 7.57. The number of anilines is 1. The fourth-order valence-corrected chi connectivity index (χ4v) is 3.55. The number of ketones is 1. The highest BCUT2D eigenvalue weighted by molar-refractivity contribution is 7.22. The van der Waals surface area contributed by atoms with Gasteiger partial charge in [0.2, 0.25) is 5.78 Å². The van der Waals surface area contributed by atoms with Crippen LogP contribution in [0.5, 0.6) is 5.75 Å². The first-order valence-corrected chi connectivity index (χ1v) is 9.14. The number of nitrogens with one attached hydrogen (secondary N) is 1. The van der Waals surface area contributed by atoms with E-state index in [-0.39, 0.29) is 10.2 Å². The number of halogens is 2. The highest BCUT2D eigenvalue weighted by atomic mass is 35.5. The molecule has 3 aromatic rings. The molecule has 0 aliphatic heterocycles. The summed E-state index contributed by atoms with van der Waals surface area (Å²) in [5, 5.41) is 12.5. The predicted octanol–water partition coefficient (Wildman–Crippen LogP) is 4.43. The minimum absolute atomic E-state index is 0.197. The number of nitrogens with zero attached hydrogens (tertiary/aromatic N) is 2. The summed E-state index contributed by atoms with van der Waals surface area (Å²) >= 11 is 13.0. The Kier molecular flexibility index (Phi) is 5.61. The smallest absolute Gasteiger partial charge is 0.295 e. The van der Waals surface area contributed by atoms with Crippen LogP contribution in [-0.4, -0.2) is 23.8 Å². The van der Waals surface area contributed by atoms with Gasteiger partial charge in [0.25, 0.3) is 5.91 Å². The minimum atomic E-state index is -1.30. The fraction of sp³-hybridized carbons (Fsp3) is 0.111. The maximum Gasteiger partial charge on any atom is 0.295 e. The fourth-order valence-electron chi connectivity index (χ4n) is 2.35. The van der Waals surface area contributed by atoms with E-state index < -0.39 is 17.6 Å². The van der Waals surface area contributed by atoms with Gasteiger partial charge in [-0.2, -0.15) is 5.26 Å². The molecular formula is C18H11Cl2N3O3S. The quantitative estimate of drug-likeness (QED) is 0.617. The lowest BCUT2D eigenvalue weighted by Crippen LogP contribution is -2.27. The minimum Gasteiger partial charge on any atom is -0.497 e. The first-order chi connectivity index (χ1) is 12.9. The summed E-state index contributed by atoms with van der Waals surface area (Å²) < 4.78 is 5.94. The number of amides is 1. The number of nitriles is 1. The monoisotopic (exact) mass is 419 g/mol. The molecule has 0 spiro atoms. The number of hydrogen-bond acceptors (Lipinski definition) is 6. The van der Waals surface area contributed by atoms with Crippen molar-refractivity contribution in [2.75, 3.05) is 12.4 Å². The lowest BCUT2D eigenvalue weighted by molar-refractivity contribution is -0.135. The Morgan fingerprint density at radius 2 is 2.00 bits per heavy atom. The highest BCUT2D eigenvalue weighted by Crippen LogP contribution is 2.30. The van der Waals surface area contributed by atoms with Gasteiger partial charge in [-0.1, -0.05) is 40.6 Å². The normalized spacial score (nSPS) is 11.6. The summed E-state index contributed by atoms with van der Waals surface area (Å²) in [6.07, 6.45) is 0. The number of benzene rings is 2. The Balaban J connectivity index is 1.81. The molecule has 1 N–H and O–H groups in total. The molecule has 1 atom stereocenters. The average Bonchev–Trinajstić information content (AvgIpc) is 3.06. The van der Waals surface area contributed by atoms with Crippen molar-refractivity contribution in [1.29, 1.82) is 5.26 Å². The van der Waals surface area contributed by atoms with Gasteiger partial charge in [0, 0.05) is 0 Å². The molecule has 0 saturated heterocycles. The summed E-state index contributed by atoms with van der Waals surface area (Å²) in [7, 11) is 1.55. The zero-order valence-electron chi connectivity index (χ0n) is 13.8. The van der Waals surface area contributed by atoms with Crippen molar-refractivity contribution in [2.45, 2.75) is 5.92 Å². The molecule has 27 heavy (non-hydrogen) atoms. The van der Waals surface area contributed by atoms with Gasteiger partial charge in [-0.15, -0.1) is 0 Å². The Labute approximate surface area is 168 Å². The molecule has 0 fully saturated rings. The molecular weight excluding hydrogens is 409 g/mol. The second kappa shape index (κ2) is 7.92. The summed E-state index contributed by atoms with van der Waals surface area (Å²) in [6.45, 7) is 0. The molecule has 2 aromatic carbocycles. The van der Waals surface area contributed by atoms with Gasteiger partial charge >= 0.3 is 0 Å². The standard InChI is InChI=1S/C18H11Cl2N3O3S/c1-26-10-3-5-14-15(7-10)27-18(22-14)23-17(25)16(24)11(8-21)9-2-4-12(19)13(20)6-9/h2-7,11H,1H3,(H,22,23,25)/t11-/m0/s1. The lowest BCUT2D eigenvalue weighted by atomic mass is 9.96. The zero-order valence-corrected chi connectivity index (χ0v) is 16.2. The number of ether oxygens (including phenoxy) is 1. The Morgan fingerprint density at radius 1 is 1.22 bits per heavy atom. The molecule has 1 heterocycles. The number of methoxy groups -OCH3 is 1. The molecule has 0 aliphatic carbocycles. The van der Waals surface area contributed by atoms with E-state index >= 15 is 0 Å². The van der Waals surface area contributed by atoms with Crippen LogP contribution in [-0.2, 0) is 9.59 Å². The second-order valence-corrected chi connectivity index (χ2v) is 7.25. The number of Topliss-reactive ketones (excluding diaryl/α,β-unsaturated/α-hetero) is 1. The lowest BCUT2D eigenvalue weighted by Gasteiger charge is -2.09. The van der Waals surface area contributed by atoms with Crippen molar-refractivity contribution in [2.24, 2.45) is 0 Å².